The Balaban J connectivity index is 1.22. The monoisotopic (exact) mass is 566 g/mol. The molecule has 2 nitrogen and oxygen atoms in total. The van der Waals surface area contributed by atoms with E-state index in [1.54, 1.807) is 0 Å². The summed E-state index contributed by atoms with van der Waals surface area (Å²) >= 11 is 1.87. The van der Waals surface area contributed by atoms with Crippen LogP contribution in [0.15, 0.2) is 158 Å². The van der Waals surface area contributed by atoms with Gasteiger partial charge in [0.1, 0.15) is 0 Å². The zero-order valence-corrected chi connectivity index (χ0v) is 24.1. The highest BCUT2D eigenvalue weighted by Crippen LogP contribution is 2.42. The number of hydrogen-bond donors (Lipinski definition) is 0. The van der Waals surface area contributed by atoms with Crippen molar-refractivity contribution in [3.8, 4) is 56.2 Å². The van der Waals surface area contributed by atoms with Crippen LogP contribution in [-0.4, -0.2) is 9.97 Å². The Bertz CT molecular complexity index is 2160. The summed E-state index contributed by atoms with van der Waals surface area (Å²) in [5.41, 5.74) is 9.87. The summed E-state index contributed by atoms with van der Waals surface area (Å²) in [6.07, 6.45) is 0. The third kappa shape index (κ3) is 4.70. The van der Waals surface area contributed by atoms with Crippen LogP contribution in [0, 0.1) is 0 Å². The first-order valence-electron chi connectivity index (χ1n) is 14.4. The Labute approximate surface area is 254 Å². The topological polar surface area (TPSA) is 25.8 Å². The molecule has 0 saturated carbocycles. The van der Waals surface area contributed by atoms with Gasteiger partial charge in [-0.2, -0.15) is 0 Å². The fraction of sp³-hybridized carbons (Fsp3) is 0. The summed E-state index contributed by atoms with van der Waals surface area (Å²) in [4.78, 5) is 9.95. The van der Waals surface area contributed by atoms with Crippen LogP contribution in [0.1, 0.15) is 0 Å². The van der Waals surface area contributed by atoms with Crippen LogP contribution in [0.2, 0.25) is 0 Å². The molecule has 8 aromatic rings. The molecule has 0 fully saturated rings. The Hall–Kier alpha value is -5.38. The Kier molecular flexibility index (Phi) is 6.36. The standard InChI is InChI=1S/C40H26N2S/c1-3-12-28(13-4-1)36-26-37(42-40(41-36)30-14-5-2-6-15-30)29-24-22-27(23-25-29)31-16-7-8-17-32(31)34-19-11-20-35-33-18-9-10-21-38(33)43-39(34)35/h1-26H. The molecule has 202 valence electrons. The fourth-order valence-electron chi connectivity index (χ4n) is 5.82. The fourth-order valence-corrected chi connectivity index (χ4v) is 7.05. The highest BCUT2D eigenvalue weighted by atomic mass is 32.1. The van der Waals surface area contributed by atoms with Gasteiger partial charge in [0.25, 0.3) is 0 Å². The van der Waals surface area contributed by atoms with E-state index in [2.05, 4.69) is 121 Å². The molecular formula is C40H26N2S. The van der Waals surface area contributed by atoms with Gasteiger partial charge in [0.05, 0.1) is 11.4 Å². The van der Waals surface area contributed by atoms with Gasteiger partial charge in [-0.25, -0.2) is 9.97 Å². The smallest absolute Gasteiger partial charge is 0.160 e. The molecule has 2 heterocycles. The average Bonchev–Trinajstić information content (AvgIpc) is 3.48. The SMILES string of the molecule is c1ccc(-c2cc(-c3ccc(-c4ccccc4-c4cccc5c4sc4ccccc45)cc3)nc(-c3ccccc3)n2)cc1. The molecule has 8 rings (SSSR count). The Morgan fingerprint density at radius 3 is 1.65 bits per heavy atom. The van der Waals surface area contributed by atoms with Crippen LogP contribution < -0.4 is 0 Å². The number of aromatic nitrogens is 2. The zero-order valence-electron chi connectivity index (χ0n) is 23.3. The first-order chi connectivity index (χ1) is 21.3. The molecule has 3 heteroatoms. The summed E-state index contributed by atoms with van der Waals surface area (Å²) in [7, 11) is 0. The van der Waals surface area contributed by atoms with E-state index in [9.17, 15) is 0 Å². The molecule has 0 atom stereocenters. The minimum Gasteiger partial charge on any atom is -0.228 e. The molecule has 0 bridgehead atoms. The lowest BCUT2D eigenvalue weighted by Gasteiger charge is -2.13. The number of rotatable bonds is 5. The van der Waals surface area contributed by atoms with Crippen molar-refractivity contribution < 1.29 is 0 Å². The predicted molar refractivity (Wildman–Crippen MR) is 182 cm³/mol. The second-order valence-electron chi connectivity index (χ2n) is 10.6. The van der Waals surface area contributed by atoms with Crippen molar-refractivity contribution in [2.24, 2.45) is 0 Å². The molecule has 0 aliphatic rings. The average molecular weight is 567 g/mol. The van der Waals surface area contributed by atoms with Gasteiger partial charge in [-0.15, -0.1) is 11.3 Å². The van der Waals surface area contributed by atoms with Gasteiger partial charge in [0.2, 0.25) is 0 Å². The van der Waals surface area contributed by atoms with Gasteiger partial charge in [-0.3, -0.25) is 0 Å². The quantitative estimate of drug-likeness (QED) is 0.207. The first kappa shape index (κ1) is 25.3. The van der Waals surface area contributed by atoms with Gasteiger partial charge in [0.15, 0.2) is 5.82 Å². The minimum absolute atomic E-state index is 0.725. The Morgan fingerprint density at radius 1 is 0.372 bits per heavy atom. The van der Waals surface area contributed by atoms with Gasteiger partial charge >= 0.3 is 0 Å². The number of fused-ring (bicyclic) bond motifs is 3. The highest BCUT2D eigenvalue weighted by molar-refractivity contribution is 7.26. The number of thiophene rings is 1. The van der Waals surface area contributed by atoms with E-state index in [1.165, 1.54) is 42.4 Å². The summed E-state index contributed by atoms with van der Waals surface area (Å²) < 4.78 is 2.65. The van der Waals surface area contributed by atoms with E-state index in [0.29, 0.717) is 0 Å². The molecule has 0 aliphatic carbocycles. The summed E-state index contributed by atoms with van der Waals surface area (Å²) in [5, 5.41) is 2.64. The second-order valence-corrected chi connectivity index (χ2v) is 11.6. The van der Waals surface area contributed by atoms with Crippen LogP contribution >= 0.6 is 11.3 Å². The number of nitrogens with zero attached hydrogens (tertiary/aromatic N) is 2. The lowest BCUT2D eigenvalue weighted by molar-refractivity contribution is 1.18. The van der Waals surface area contributed by atoms with E-state index in [-0.39, 0.29) is 0 Å². The second kappa shape index (κ2) is 10.8. The normalized spacial score (nSPS) is 11.3. The molecule has 0 N–H and O–H groups in total. The van der Waals surface area contributed by atoms with Crippen molar-refractivity contribution in [1.29, 1.82) is 0 Å². The highest BCUT2D eigenvalue weighted by Gasteiger charge is 2.15. The lowest BCUT2D eigenvalue weighted by Crippen LogP contribution is -1.95. The Morgan fingerprint density at radius 2 is 0.907 bits per heavy atom. The number of hydrogen-bond acceptors (Lipinski definition) is 3. The van der Waals surface area contributed by atoms with Crippen molar-refractivity contribution in [3.05, 3.63) is 158 Å². The van der Waals surface area contributed by atoms with Crippen LogP contribution in [0.5, 0.6) is 0 Å². The predicted octanol–water partition coefficient (Wildman–Crippen LogP) is 11.2. The van der Waals surface area contributed by atoms with Gasteiger partial charge < -0.3 is 0 Å². The van der Waals surface area contributed by atoms with E-state index >= 15 is 0 Å². The van der Waals surface area contributed by atoms with E-state index < -0.39 is 0 Å². The maximum atomic E-state index is 5.01. The van der Waals surface area contributed by atoms with Crippen molar-refractivity contribution in [2.45, 2.75) is 0 Å². The number of benzene rings is 6. The van der Waals surface area contributed by atoms with Crippen molar-refractivity contribution in [2.75, 3.05) is 0 Å². The van der Waals surface area contributed by atoms with Gasteiger partial charge in [0, 0.05) is 42.4 Å². The molecule has 0 radical (unpaired) electrons. The molecule has 43 heavy (non-hydrogen) atoms. The molecule has 0 aliphatic heterocycles. The van der Waals surface area contributed by atoms with Crippen LogP contribution in [0.3, 0.4) is 0 Å². The van der Waals surface area contributed by atoms with Crippen molar-refractivity contribution in [1.82, 2.24) is 9.97 Å². The van der Waals surface area contributed by atoms with Crippen LogP contribution in [0.4, 0.5) is 0 Å². The van der Waals surface area contributed by atoms with Gasteiger partial charge in [-0.05, 0) is 28.8 Å². The lowest BCUT2D eigenvalue weighted by atomic mass is 9.93. The first-order valence-corrected chi connectivity index (χ1v) is 15.2. The molecule has 0 unspecified atom stereocenters. The maximum Gasteiger partial charge on any atom is 0.160 e. The van der Waals surface area contributed by atoms with E-state index in [0.717, 1.165) is 33.9 Å². The summed E-state index contributed by atoms with van der Waals surface area (Å²) in [5.74, 6) is 0.725. The molecule has 2 aromatic heterocycles. The molecule has 0 spiro atoms. The molecule has 6 aromatic carbocycles. The third-order valence-corrected chi connectivity index (χ3v) is 9.16. The largest absolute Gasteiger partial charge is 0.228 e. The summed E-state index contributed by atoms with van der Waals surface area (Å²) in [6, 6.07) is 55.5. The molecule has 0 amide bonds. The molecular weight excluding hydrogens is 541 g/mol. The molecule has 0 saturated heterocycles. The van der Waals surface area contributed by atoms with E-state index in [1.807, 2.05) is 47.7 Å². The van der Waals surface area contributed by atoms with Crippen LogP contribution in [0.25, 0.3) is 76.3 Å². The van der Waals surface area contributed by atoms with Crippen molar-refractivity contribution in [3.63, 3.8) is 0 Å². The van der Waals surface area contributed by atoms with Gasteiger partial charge in [-0.1, -0.05) is 146 Å². The maximum absolute atomic E-state index is 5.01. The minimum atomic E-state index is 0.725. The zero-order chi connectivity index (χ0) is 28.6. The third-order valence-electron chi connectivity index (χ3n) is 7.94. The van der Waals surface area contributed by atoms with E-state index in [4.69, 9.17) is 9.97 Å². The van der Waals surface area contributed by atoms with Crippen molar-refractivity contribution >= 4 is 31.5 Å². The summed E-state index contributed by atoms with van der Waals surface area (Å²) in [6.45, 7) is 0. The van der Waals surface area contributed by atoms with Crippen LogP contribution in [-0.2, 0) is 0 Å².